The highest BCUT2D eigenvalue weighted by Gasteiger charge is 2.41. The van der Waals surface area contributed by atoms with Crippen molar-refractivity contribution in [2.24, 2.45) is 0 Å². The summed E-state index contributed by atoms with van der Waals surface area (Å²) in [4.78, 5) is 25.4. The SMILES string of the molecule is COc1nc(CNC(=O)C2(c3ccccc3)CCOCC2)nc(OC)n1. The molecule has 1 saturated heterocycles. The Morgan fingerprint density at radius 2 is 1.69 bits per heavy atom. The fraction of sp³-hybridized carbons (Fsp3) is 0.444. The molecule has 1 aromatic heterocycles. The zero-order valence-electron chi connectivity index (χ0n) is 14.9. The number of nitrogens with one attached hydrogen (secondary N) is 1. The number of hydrogen-bond donors (Lipinski definition) is 1. The van der Waals surface area contributed by atoms with E-state index in [4.69, 9.17) is 14.2 Å². The molecule has 0 aliphatic carbocycles. The maximum atomic E-state index is 13.1. The van der Waals surface area contributed by atoms with Crippen LogP contribution >= 0.6 is 0 Å². The van der Waals surface area contributed by atoms with E-state index in [2.05, 4.69) is 20.3 Å². The van der Waals surface area contributed by atoms with Crippen molar-refractivity contribution in [1.82, 2.24) is 20.3 Å². The first kappa shape index (κ1) is 18.1. The summed E-state index contributed by atoms with van der Waals surface area (Å²) in [5, 5.41) is 2.95. The van der Waals surface area contributed by atoms with Crippen LogP contribution in [-0.4, -0.2) is 48.3 Å². The van der Waals surface area contributed by atoms with Crippen molar-refractivity contribution < 1.29 is 19.0 Å². The van der Waals surface area contributed by atoms with Gasteiger partial charge < -0.3 is 19.5 Å². The first-order valence-electron chi connectivity index (χ1n) is 8.42. The van der Waals surface area contributed by atoms with Gasteiger partial charge in [0, 0.05) is 13.2 Å². The molecule has 8 nitrogen and oxygen atoms in total. The van der Waals surface area contributed by atoms with Crippen molar-refractivity contribution in [3.63, 3.8) is 0 Å². The van der Waals surface area contributed by atoms with E-state index >= 15 is 0 Å². The third-order valence-corrected chi connectivity index (χ3v) is 4.52. The van der Waals surface area contributed by atoms with Crippen LogP contribution in [0.5, 0.6) is 12.0 Å². The Kier molecular flexibility index (Phi) is 5.62. The fourth-order valence-corrected chi connectivity index (χ4v) is 3.09. The van der Waals surface area contributed by atoms with Crippen LogP contribution in [-0.2, 0) is 21.5 Å². The lowest BCUT2D eigenvalue weighted by molar-refractivity contribution is -0.130. The molecule has 1 fully saturated rings. The first-order chi connectivity index (χ1) is 12.7. The van der Waals surface area contributed by atoms with E-state index in [0.29, 0.717) is 31.9 Å². The number of rotatable bonds is 6. The van der Waals surface area contributed by atoms with Gasteiger partial charge in [-0.15, -0.1) is 4.98 Å². The minimum absolute atomic E-state index is 0.0645. The van der Waals surface area contributed by atoms with Crippen molar-refractivity contribution in [2.45, 2.75) is 24.8 Å². The standard InChI is InChI=1S/C18H22N4O4/c1-24-16-20-14(21-17(22-16)25-2)12-19-15(23)18(8-10-26-11-9-18)13-6-4-3-5-7-13/h3-7H,8-12H2,1-2H3,(H,19,23). The third kappa shape index (κ3) is 3.75. The monoisotopic (exact) mass is 358 g/mol. The number of ether oxygens (including phenoxy) is 3. The van der Waals surface area contributed by atoms with Gasteiger partial charge >= 0.3 is 12.0 Å². The Bertz CT molecular complexity index is 726. The van der Waals surface area contributed by atoms with E-state index in [1.165, 1.54) is 14.2 Å². The lowest BCUT2D eigenvalue weighted by atomic mass is 9.73. The van der Waals surface area contributed by atoms with Gasteiger partial charge in [-0.2, -0.15) is 9.97 Å². The van der Waals surface area contributed by atoms with E-state index in [0.717, 1.165) is 5.56 Å². The quantitative estimate of drug-likeness (QED) is 0.830. The minimum atomic E-state index is -0.610. The molecule has 0 bridgehead atoms. The second-order valence-electron chi connectivity index (χ2n) is 5.97. The molecule has 1 aliphatic heterocycles. The number of amides is 1. The normalized spacial score (nSPS) is 15.9. The Morgan fingerprint density at radius 3 is 2.27 bits per heavy atom. The van der Waals surface area contributed by atoms with E-state index in [1.54, 1.807) is 0 Å². The number of benzene rings is 1. The summed E-state index contributed by atoms with van der Waals surface area (Å²) < 4.78 is 15.6. The van der Waals surface area contributed by atoms with Crippen molar-refractivity contribution >= 4 is 5.91 Å². The van der Waals surface area contributed by atoms with Crippen molar-refractivity contribution in [2.75, 3.05) is 27.4 Å². The molecule has 26 heavy (non-hydrogen) atoms. The second kappa shape index (κ2) is 8.09. The molecule has 1 amide bonds. The highest BCUT2D eigenvalue weighted by atomic mass is 16.5. The Hall–Kier alpha value is -2.74. The van der Waals surface area contributed by atoms with Gasteiger partial charge in [-0.05, 0) is 18.4 Å². The summed E-state index contributed by atoms with van der Waals surface area (Å²) in [6, 6.07) is 10.1. The van der Waals surface area contributed by atoms with Gasteiger partial charge in [0.2, 0.25) is 5.91 Å². The van der Waals surface area contributed by atoms with Crippen molar-refractivity contribution in [3.8, 4) is 12.0 Å². The zero-order valence-corrected chi connectivity index (χ0v) is 14.9. The number of nitrogens with zero attached hydrogens (tertiary/aromatic N) is 3. The zero-order chi connectivity index (χ0) is 18.4. The van der Waals surface area contributed by atoms with E-state index in [-0.39, 0.29) is 24.5 Å². The number of hydrogen-bond acceptors (Lipinski definition) is 7. The predicted octanol–water partition coefficient (Wildman–Crippen LogP) is 1.25. The molecule has 1 aromatic carbocycles. The number of methoxy groups -OCH3 is 2. The van der Waals surface area contributed by atoms with Crippen LogP contribution in [0.15, 0.2) is 30.3 Å². The molecule has 2 heterocycles. The maximum Gasteiger partial charge on any atom is 0.322 e. The lowest BCUT2D eigenvalue weighted by Crippen LogP contribution is -2.48. The molecule has 1 N–H and O–H groups in total. The Morgan fingerprint density at radius 1 is 1.08 bits per heavy atom. The van der Waals surface area contributed by atoms with Crippen LogP contribution in [0.2, 0.25) is 0 Å². The lowest BCUT2D eigenvalue weighted by Gasteiger charge is -2.36. The average Bonchev–Trinajstić information content (AvgIpc) is 2.72. The van der Waals surface area contributed by atoms with Crippen molar-refractivity contribution in [3.05, 3.63) is 41.7 Å². The summed E-state index contributed by atoms with van der Waals surface area (Å²) in [7, 11) is 2.92. The molecule has 3 rings (SSSR count). The smallest absolute Gasteiger partial charge is 0.322 e. The molecule has 2 aromatic rings. The average molecular weight is 358 g/mol. The van der Waals surface area contributed by atoms with Gasteiger partial charge in [0.05, 0.1) is 26.2 Å². The molecule has 138 valence electrons. The topological polar surface area (TPSA) is 95.5 Å². The molecular weight excluding hydrogens is 336 g/mol. The highest BCUT2D eigenvalue weighted by Crippen LogP contribution is 2.35. The molecule has 0 radical (unpaired) electrons. The molecule has 8 heteroatoms. The van der Waals surface area contributed by atoms with Crippen LogP contribution in [0.1, 0.15) is 24.2 Å². The van der Waals surface area contributed by atoms with Gasteiger partial charge in [-0.25, -0.2) is 0 Å². The summed E-state index contributed by atoms with van der Waals surface area (Å²) in [5.74, 6) is 0.308. The highest BCUT2D eigenvalue weighted by molar-refractivity contribution is 5.88. The van der Waals surface area contributed by atoms with Crippen molar-refractivity contribution in [1.29, 1.82) is 0 Å². The Labute approximate surface area is 151 Å². The molecule has 0 spiro atoms. The van der Waals surface area contributed by atoms with E-state index in [1.807, 2.05) is 30.3 Å². The largest absolute Gasteiger partial charge is 0.467 e. The van der Waals surface area contributed by atoms with Crippen LogP contribution in [0, 0.1) is 0 Å². The van der Waals surface area contributed by atoms with Crippen LogP contribution in [0.4, 0.5) is 0 Å². The van der Waals surface area contributed by atoms with Crippen LogP contribution in [0.3, 0.4) is 0 Å². The minimum Gasteiger partial charge on any atom is -0.467 e. The first-order valence-corrected chi connectivity index (χ1v) is 8.42. The Balaban J connectivity index is 1.79. The summed E-state index contributed by atoms with van der Waals surface area (Å²) in [6.45, 7) is 1.26. The molecule has 1 aliphatic rings. The van der Waals surface area contributed by atoms with E-state index in [9.17, 15) is 4.79 Å². The molecule has 0 atom stereocenters. The summed E-state index contributed by atoms with van der Waals surface area (Å²) >= 11 is 0. The summed E-state index contributed by atoms with van der Waals surface area (Å²) in [5.41, 5.74) is 0.382. The van der Waals surface area contributed by atoms with Gasteiger partial charge in [0.15, 0.2) is 5.82 Å². The van der Waals surface area contributed by atoms with Gasteiger partial charge in [-0.1, -0.05) is 30.3 Å². The third-order valence-electron chi connectivity index (χ3n) is 4.52. The summed E-state index contributed by atoms with van der Waals surface area (Å²) in [6.07, 6.45) is 1.26. The van der Waals surface area contributed by atoms with E-state index < -0.39 is 5.41 Å². The molecule has 0 unspecified atom stereocenters. The van der Waals surface area contributed by atoms with Gasteiger partial charge in [-0.3, -0.25) is 4.79 Å². The maximum absolute atomic E-state index is 13.1. The van der Waals surface area contributed by atoms with Gasteiger partial charge in [0.1, 0.15) is 0 Å². The molecular formula is C18H22N4O4. The second-order valence-corrected chi connectivity index (χ2v) is 5.97. The predicted molar refractivity (Wildman–Crippen MR) is 93.0 cm³/mol. The van der Waals surface area contributed by atoms with Crippen LogP contribution in [0.25, 0.3) is 0 Å². The van der Waals surface area contributed by atoms with Gasteiger partial charge in [0.25, 0.3) is 0 Å². The number of carbonyl (C=O) groups is 1. The number of aromatic nitrogens is 3. The number of carbonyl (C=O) groups excluding carboxylic acids is 1. The van der Waals surface area contributed by atoms with Crippen LogP contribution < -0.4 is 14.8 Å². The fourth-order valence-electron chi connectivity index (χ4n) is 3.09. The molecule has 0 saturated carbocycles.